The first-order valence-corrected chi connectivity index (χ1v) is 12.7. The third kappa shape index (κ3) is 4.09. The average Bonchev–Trinajstić information content (AvgIpc) is 3.47. The zero-order valence-electron chi connectivity index (χ0n) is 18.2. The van der Waals surface area contributed by atoms with Gasteiger partial charge in [0.15, 0.2) is 0 Å². The summed E-state index contributed by atoms with van der Waals surface area (Å²) in [6.45, 7) is 4.02. The van der Waals surface area contributed by atoms with Crippen LogP contribution in [0.2, 0.25) is 5.02 Å². The summed E-state index contributed by atoms with van der Waals surface area (Å²) in [5.41, 5.74) is 5.69. The minimum atomic E-state index is -0.0910. The van der Waals surface area contributed by atoms with Crippen LogP contribution in [0.25, 0.3) is 0 Å². The van der Waals surface area contributed by atoms with Crippen LogP contribution in [0.5, 0.6) is 0 Å². The third-order valence-corrected chi connectivity index (χ3v) is 8.03. The first kappa shape index (κ1) is 21.9. The highest BCUT2D eigenvalue weighted by atomic mass is 79.9. The fourth-order valence-electron chi connectivity index (χ4n) is 5.60. The molecule has 2 heterocycles. The van der Waals surface area contributed by atoms with Gasteiger partial charge >= 0.3 is 0 Å². The maximum atomic E-state index is 13.4. The lowest BCUT2D eigenvalue weighted by Crippen LogP contribution is -2.45. The number of benzene rings is 2. The predicted molar refractivity (Wildman–Crippen MR) is 133 cm³/mol. The molecule has 1 saturated carbocycles. The van der Waals surface area contributed by atoms with Gasteiger partial charge in [-0.05, 0) is 60.9 Å². The van der Waals surface area contributed by atoms with Crippen molar-refractivity contribution in [1.29, 1.82) is 0 Å². The Morgan fingerprint density at radius 3 is 2.47 bits per heavy atom. The lowest BCUT2D eigenvalue weighted by molar-refractivity contribution is -0.119. The molecule has 0 aromatic heterocycles. The van der Waals surface area contributed by atoms with Crippen LogP contribution in [-0.2, 0) is 4.79 Å². The molecule has 5 rings (SSSR count). The van der Waals surface area contributed by atoms with Crippen LogP contribution < -0.4 is 10.4 Å². The molecule has 1 saturated heterocycles. The SMILES string of the molecule is CCC1C(C(=O)NN2CC3CCCC3C2)=NN(c2ccccc2Cl)C1c1ccc(Br)cc1. The lowest BCUT2D eigenvalue weighted by Gasteiger charge is -2.28. The quantitative estimate of drug-likeness (QED) is 0.547. The van der Waals surface area contributed by atoms with Gasteiger partial charge in [-0.2, -0.15) is 5.10 Å². The van der Waals surface area contributed by atoms with E-state index in [4.69, 9.17) is 16.7 Å². The Bertz CT molecular complexity index is 1010. The summed E-state index contributed by atoms with van der Waals surface area (Å²) in [7, 11) is 0. The molecule has 32 heavy (non-hydrogen) atoms. The van der Waals surface area contributed by atoms with Gasteiger partial charge in [-0.15, -0.1) is 0 Å². The first-order valence-electron chi connectivity index (χ1n) is 11.5. The summed E-state index contributed by atoms with van der Waals surface area (Å²) in [4.78, 5) is 13.4. The summed E-state index contributed by atoms with van der Waals surface area (Å²) in [5, 5.41) is 9.56. The van der Waals surface area contributed by atoms with E-state index < -0.39 is 0 Å². The Morgan fingerprint density at radius 1 is 1.12 bits per heavy atom. The van der Waals surface area contributed by atoms with Gasteiger partial charge in [0.2, 0.25) is 0 Å². The Labute approximate surface area is 202 Å². The van der Waals surface area contributed by atoms with E-state index in [-0.39, 0.29) is 17.9 Å². The van der Waals surface area contributed by atoms with Crippen LogP contribution in [0.3, 0.4) is 0 Å². The van der Waals surface area contributed by atoms with E-state index in [1.54, 1.807) is 0 Å². The van der Waals surface area contributed by atoms with Gasteiger partial charge in [0.25, 0.3) is 5.91 Å². The molecule has 4 atom stereocenters. The van der Waals surface area contributed by atoms with Gasteiger partial charge in [-0.1, -0.05) is 65.1 Å². The van der Waals surface area contributed by atoms with Crippen LogP contribution in [0, 0.1) is 17.8 Å². The van der Waals surface area contributed by atoms with E-state index in [9.17, 15) is 4.79 Å². The van der Waals surface area contributed by atoms with Gasteiger partial charge in [0, 0.05) is 23.5 Å². The van der Waals surface area contributed by atoms with E-state index >= 15 is 0 Å². The summed E-state index contributed by atoms with van der Waals surface area (Å²) in [5.74, 6) is 1.32. The van der Waals surface area contributed by atoms with Crippen molar-refractivity contribution in [2.24, 2.45) is 22.9 Å². The van der Waals surface area contributed by atoms with E-state index in [1.165, 1.54) is 19.3 Å². The van der Waals surface area contributed by atoms with Crippen LogP contribution in [-0.4, -0.2) is 29.7 Å². The van der Waals surface area contributed by atoms with E-state index in [1.807, 2.05) is 41.4 Å². The number of halogens is 2. The standard InChI is InChI=1S/C25H28BrClN4O/c1-2-20-23(25(32)29-30-14-17-6-5-7-18(17)15-30)28-31(22-9-4-3-8-21(22)27)24(20)16-10-12-19(26)13-11-16/h3-4,8-13,17-18,20,24H,2,5-7,14-15H2,1H3,(H,29,32). The number of anilines is 1. The molecule has 0 radical (unpaired) electrons. The van der Waals surface area contributed by atoms with E-state index in [0.717, 1.165) is 47.1 Å². The Kier molecular flexibility index (Phi) is 6.28. The van der Waals surface area contributed by atoms with Crippen molar-refractivity contribution in [1.82, 2.24) is 10.4 Å². The van der Waals surface area contributed by atoms with Crippen molar-refractivity contribution >= 4 is 44.8 Å². The maximum absolute atomic E-state index is 13.4. The number of rotatable bonds is 5. The number of hydrogen-bond acceptors (Lipinski definition) is 4. The number of amides is 1. The van der Waals surface area contributed by atoms with Gasteiger partial charge in [0.1, 0.15) is 5.71 Å². The first-order chi connectivity index (χ1) is 15.5. The molecule has 1 amide bonds. The maximum Gasteiger partial charge on any atom is 0.282 e. The molecule has 2 aliphatic heterocycles. The molecule has 1 N–H and O–H groups in total. The highest BCUT2D eigenvalue weighted by Gasteiger charge is 2.43. The molecular formula is C25H28BrClN4O. The molecule has 2 aromatic carbocycles. The second-order valence-electron chi connectivity index (χ2n) is 9.09. The fraction of sp³-hybridized carbons (Fsp3) is 0.440. The highest BCUT2D eigenvalue weighted by Crippen LogP contribution is 2.43. The van der Waals surface area contributed by atoms with Gasteiger partial charge in [-0.25, -0.2) is 5.01 Å². The number of nitrogens with zero attached hydrogens (tertiary/aromatic N) is 3. The zero-order chi connectivity index (χ0) is 22.2. The fourth-order valence-corrected chi connectivity index (χ4v) is 6.09. The molecule has 3 aliphatic rings. The second kappa shape index (κ2) is 9.16. The number of hydrazine groups is 1. The van der Waals surface area contributed by atoms with E-state index in [0.29, 0.717) is 10.7 Å². The number of hydrogen-bond donors (Lipinski definition) is 1. The number of carbonyl (C=O) groups excluding carboxylic acids is 1. The number of hydrazone groups is 1. The van der Waals surface area contributed by atoms with Crippen molar-refractivity contribution < 1.29 is 4.79 Å². The molecule has 0 spiro atoms. The average molecular weight is 516 g/mol. The summed E-state index contributed by atoms with van der Waals surface area (Å²) < 4.78 is 1.02. The molecule has 7 heteroatoms. The van der Waals surface area contributed by atoms with Crippen molar-refractivity contribution in [2.45, 2.75) is 38.6 Å². The van der Waals surface area contributed by atoms with Crippen LogP contribution in [0.4, 0.5) is 5.69 Å². The smallest absolute Gasteiger partial charge is 0.282 e. The Hall–Kier alpha value is -1.89. The molecule has 2 fully saturated rings. The lowest BCUT2D eigenvalue weighted by atomic mass is 9.87. The monoisotopic (exact) mass is 514 g/mol. The largest absolute Gasteiger partial charge is 0.284 e. The summed E-state index contributed by atoms with van der Waals surface area (Å²) in [6.07, 6.45) is 4.69. The van der Waals surface area contributed by atoms with Crippen LogP contribution >= 0.6 is 27.5 Å². The van der Waals surface area contributed by atoms with Crippen molar-refractivity contribution in [3.63, 3.8) is 0 Å². The van der Waals surface area contributed by atoms with Crippen LogP contribution in [0.1, 0.15) is 44.2 Å². The van der Waals surface area contributed by atoms with E-state index in [2.05, 4.69) is 45.4 Å². The number of para-hydroxylation sites is 1. The minimum Gasteiger partial charge on any atom is -0.284 e. The highest BCUT2D eigenvalue weighted by molar-refractivity contribution is 9.10. The van der Waals surface area contributed by atoms with Crippen molar-refractivity contribution in [3.8, 4) is 0 Å². The van der Waals surface area contributed by atoms with Gasteiger partial charge in [-0.3, -0.25) is 15.2 Å². The predicted octanol–water partition coefficient (Wildman–Crippen LogP) is 5.81. The molecule has 168 valence electrons. The molecular weight excluding hydrogens is 488 g/mol. The molecule has 5 nitrogen and oxygen atoms in total. The Balaban J connectivity index is 1.45. The molecule has 4 unspecified atom stereocenters. The molecule has 1 aliphatic carbocycles. The third-order valence-electron chi connectivity index (χ3n) is 7.18. The van der Waals surface area contributed by atoms with Crippen molar-refractivity contribution in [2.75, 3.05) is 18.1 Å². The number of carbonyl (C=O) groups is 1. The topological polar surface area (TPSA) is 47.9 Å². The number of nitrogens with one attached hydrogen (secondary N) is 1. The molecule has 0 bridgehead atoms. The van der Waals surface area contributed by atoms with Gasteiger partial charge < -0.3 is 0 Å². The molecule has 2 aromatic rings. The summed E-state index contributed by atoms with van der Waals surface area (Å²) >= 11 is 10.1. The second-order valence-corrected chi connectivity index (χ2v) is 10.4. The Morgan fingerprint density at radius 2 is 1.81 bits per heavy atom. The normalized spacial score (nSPS) is 27.5. The minimum absolute atomic E-state index is 0.0328. The van der Waals surface area contributed by atoms with Gasteiger partial charge in [0.05, 0.1) is 16.8 Å². The van der Waals surface area contributed by atoms with Crippen molar-refractivity contribution in [3.05, 3.63) is 63.6 Å². The number of fused-ring (bicyclic) bond motifs is 1. The van der Waals surface area contributed by atoms with Crippen LogP contribution in [0.15, 0.2) is 58.1 Å². The zero-order valence-corrected chi connectivity index (χ0v) is 20.5. The summed E-state index contributed by atoms with van der Waals surface area (Å²) in [6, 6.07) is 15.9.